The molecular formula is C44H59N7O5. The van der Waals surface area contributed by atoms with E-state index in [0.717, 1.165) is 12.0 Å². The summed E-state index contributed by atoms with van der Waals surface area (Å²) in [6, 6.07) is 25.9. The Morgan fingerprint density at radius 1 is 0.821 bits per heavy atom. The molecule has 3 aromatic carbocycles. The molecule has 0 radical (unpaired) electrons. The molecule has 12 nitrogen and oxygen atoms in total. The average molecular weight is 766 g/mol. The summed E-state index contributed by atoms with van der Waals surface area (Å²) in [5, 5.41) is 15.5. The van der Waals surface area contributed by atoms with Crippen LogP contribution in [-0.4, -0.2) is 85.2 Å². The van der Waals surface area contributed by atoms with E-state index in [-0.39, 0.29) is 49.1 Å². The maximum absolute atomic E-state index is 15.0. The SMILES string of the molecule is CCC(=O)NCCNC(=O)C(NC(=O)C1CCC2CCC(CNCc3ccccc3)C(CC(N)C(=O)C(CC)NC)C(=O)N21)(c1ccccc1)c1ccccc1. The van der Waals surface area contributed by atoms with Gasteiger partial charge in [0.25, 0.3) is 5.91 Å². The van der Waals surface area contributed by atoms with Gasteiger partial charge in [-0.3, -0.25) is 24.0 Å². The predicted molar refractivity (Wildman–Crippen MR) is 217 cm³/mol. The fourth-order valence-electron chi connectivity index (χ4n) is 8.40. The number of amides is 4. The zero-order valence-corrected chi connectivity index (χ0v) is 33.0. The topological polar surface area (TPSA) is 175 Å². The summed E-state index contributed by atoms with van der Waals surface area (Å²) in [5.41, 5.74) is 7.19. The van der Waals surface area contributed by atoms with Crippen LogP contribution in [0.5, 0.6) is 0 Å². The van der Waals surface area contributed by atoms with Crippen molar-refractivity contribution in [2.45, 2.75) is 95.0 Å². The molecule has 3 aromatic rings. The lowest BCUT2D eigenvalue weighted by Crippen LogP contribution is -2.61. The Morgan fingerprint density at radius 2 is 1.41 bits per heavy atom. The molecule has 300 valence electrons. The van der Waals surface area contributed by atoms with Crippen LogP contribution in [-0.2, 0) is 36.1 Å². The first-order chi connectivity index (χ1) is 27.1. The smallest absolute Gasteiger partial charge is 0.255 e. The highest BCUT2D eigenvalue weighted by Crippen LogP contribution is 2.39. The van der Waals surface area contributed by atoms with Gasteiger partial charge in [0.15, 0.2) is 11.3 Å². The Labute approximate surface area is 331 Å². The average Bonchev–Trinajstić information content (AvgIpc) is 3.62. The number of nitrogens with two attached hydrogens (primary N) is 1. The molecule has 0 saturated carbocycles. The molecule has 7 N–H and O–H groups in total. The van der Waals surface area contributed by atoms with Crippen molar-refractivity contribution < 1.29 is 24.0 Å². The Bertz CT molecular complexity index is 1720. The molecule has 12 heteroatoms. The quantitative estimate of drug-likeness (QED) is 0.101. The van der Waals surface area contributed by atoms with Gasteiger partial charge >= 0.3 is 0 Å². The molecule has 6 unspecified atom stereocenters. The minimum absolute atomic E-state index is 0.110. The third kappa shape index (κ3) is 9.90. The first kappa shape index (κ1) is 42.2. The molecule has 0 aliphatic carbocycles. The van der Waals surface area contributed by atoms with Gasteiger partial charge in [-0.05, 0) is 74.7 Å². The number of carbonyl (C=O) groups excluding carboxylic acids is 5. The van der Waals surface area contributed by atoms with E-state index in [4.69, 9.17) is 5.73 Å². The summed E-state index contributed by atoms with van der Waals surface area (Å²) in [6.07, 6.45) is 3.56. The van der Waals surface area contributed by atoms with Crippen LogP contribution >= 0.6 is 0 Å². The molecule has 0 spiro atoms. The summed E-state index contributed by atoms with van der Waals surface area (Å²) < 4.78 is 0. The number of benzene rings is 3. The summed E-state index contributed by atoms with van der Waals surface area (Å²) in [4.78, 5) is 71.5. The van der Waals surface area contributed by atoms with Gasteiger partial charge in [0.1, 0.15) is 6.04 Å². The normalized spacial score (nSPS) is 20.6. The maximum Gasteiger partial charge on any atom is 0.255 e. The molecular weight excluding hydrogens is 707 g/mol. The molecule has 2 fully saturated rings. The highest BCUT2D eigenvalue weighted by molar-refractivity contribution is 5.98. The number of hydrogen-bond acceptors (Lipinski definition) is 8. The van der Waals surface area contributed by atoms with Crippen LogP contribution < -0.4 is 32.3 Å². The summed E-state index contributed by atoms with van der Waals surface area (Å²) in [5.74, 6) is -2.06. The van der Waals surface area contributed by atoms with Gasteiger partial charge in [0.05, 0.1) is 12.1 Å². The molecule has 2 saturated heterocycles. The second-order valence-electron chi connectivity index (χ2n) is 15.0. The van der Waals surface area contributed by atoms with E-state index in [1.165, 1.54) is 0 Å². The standard InChI is InChI=1S/C44H59N7O5/c1-4-37(46-3)40(53)36(45)27-35-31(29-47-28-30-15-9-6-10-16-30)21-22-34-23-24-38(51(34)42(35)55)41(54)50-44(32-17-11-7-12-18-32,33-19-13-8-14-20-33)43(56)49-26-25-48-39(52)5-2/h6-20,31,34-38,46-47H,4-5,21-29,45H2,1-3H3,(H,48,52)(H,49,56)(H,50,54). The molecule has 0 bridgehead atoms. The van der Waals surface area contributed by atoms with Crippen molar-refractivity contribution in [3.63, 3.8) is 0 Å². The number of hydrogen-bond donors (Lipinski definition) is 6. The first-order valence-electron chi connectivity index (χ1n) is 20.2. The first-order valence-corrected chi connectivity index (χ1v) is 20.2. The van der Waals surface area contributed by atoms with Gasteiger partial charge in [-0.25, -0.2) is 0 Å². The maximum atomic E-state index is 15.0. The van der Waals surface area contributed by atoms with Crippen molar-refractivity contribution in [2.75, 3.05) is 26.7 Å². The summed E-state index contributed by atoms with van der Waals surface area (Å²) >= 11 is 0. The number of nitrogens with one attached hydrogen (secondary N) is 5. The van der Waals surface area contributed by atoms with Crippen LogP contribution in [0.1, 0.15) is 75.5 Å². The summed E-state index contributed by atoms with van der Waals surface area (Å²) in [7, 11) is 1.74. The fraction of sp³-hybridized carbons (Fsp3) is 0.477. The zero-order valence-electron chi connectivity index (χ0n) is 33.0. The fourth-order valence-corrected chi connectivity index (χ4v) is 8.40. The molecule has 4 amide bonds. The number of fused-ring (bicyclic) bond motifs is 1. The molecule has 2 aliphatic rings. The van der Waals surface area contributed by atoms with Crippen LogP contribution in [0.2, 0.25) is 0 Å². The van der Waals surface area contributed by atoms with Crippen LogP contribution in [0.3, 0.4) is 0 Å². The lowest BCUT2D eigenvalue weighted by molar-refractivity contribution is -0.145. The second kappa shape index (κ2) is 20.3. The lowest BCUT2D eigenvalue weighted by Gasteiger charge is -2.38. The van der Waals surface area contributed by atoms with E-state index in [1.54, 1.807) is 43.1 Å². The van der Waals surface area contributed by atoms with Gasteiger partial charge in [0, 0.05) is 38.0 Å². The van der Waals surface area contributed by atoms with E-state index in [0.29, 0.717) is 56.3 Å². The van der Waals surface area contributed by atoms with Crippen molar-refractivity contribution in [1.29, 1.82) is 0 Å². The minimum Gasteiger partial charge on any atom is -0.354 e. The Hall–Kier alpha value is -4.91. The van der Waals surface area contributed by atoms with Crippen molar-refractivity contribution >= 4 is 29.4 Å². The molecule has 2 aliphatic heterocycles. The number of ketones is 1. The van der Waals surface area contributed by atoms with Crippen LogP contribution in [0.25, 0.3) is 0 Å². The van der Waals surface area contributed by atoms with Gasteiger partial charge in [-0.1, -0.05) is 105 Å². The van der Waals surface area contributed by atoms with Crippen LogP contribution in [0, 0.1) is 11.8 Å². The van der Waals surface area contributed by atoms with Gasteiger partial charge < -0.3 is 37.2 Å². The third-order valence-corrected chi connectivity index (χ3v) is 11.5. The Balaban J connectivity index is 1.45. The van der Waals surface area contributed by atoms with Crippen molar-refractivity contribution in [3.8, 4) is 0 Å². The van der Waals surface area contributed by atoms with Crippen LogP contribution in [0.15, 0.2) is 91.0 Å². The van der Waals surface area contributed by atoms with Gasteiger partial charge in [-0.2, -0.15) is 0 Å². The zero-order chi connectivity index (χ0) is 40.1. The number of likely N-dealkylation sites (N-methyl/N-ethyl adjacent to an activating group) is 1. The molecule has 0 aromatic heterocycles. The summed E-state index contributed by atoms with van der Waals surface area (Å²) in [6.45, 7) is 5.23. The highest BCUT2D eigenvalue weighted by Gasteiger charge is 2.51. The van der Waals surface area contributed by atoms with E-state index in [9.17, 15) is 24.0 Å². The lowest BCUT2D eigenvalue weighted by atomic mass is 9.81. The number of carbonyl (C=O) groups is 5. The number of nitrogens with zero attached hydrogens (tertiary/aromatic N) is 1. The number of rotatable bonds is 19. The number of Topliss-reactive ketones (excluding diaryl/α,β-unsaturated/α-hetero) is 1. The minimum atomic E-state index is -1.65. The van der Waals surface area contributed by atoms with Gasteiger partial charge in [0.2, 0.25) is 17.7 Å². The van der Waals surface area contributed by atoms with E-state index < -0.39 is 41.4 Å². The molecule has 5 rings (SSSR count). The molecule has 56 heavy (non-hydrogen) atoms. The van der Waals surface area contributed by atoms with Crippen molar-refractivity contribution in [2.24, 2.45) is 17.6 Å². The Kier molecular flexibility index (Phi) is 15.3. The second-order valence-corrected chi connectivity index (χ2v) is 15.0. The predicted octanol–water partition coefficient (Wildman–Crippen LogP) is 3.15. The van der Waals surface area contributed by atoms with Gasteiger partial charge in [-0.15, -0.1) is 0 Å². The monoisotopic (exact) mass is 765 g/mol. The van der Waals surface area contributed by atoms with Crippen LogP contribution in [0.4, 0.5) is 0 Å². The third-order valence-electron chi connectivity index (χ3n) is 11.5. The van der Waals surface area contributed by atoms with E-state index in [2.05, 4.69) is 38.7 Å². The van der Waals surface area contributed by atoms with Crippen molar-refractivity contribution in [3.05, 3.63) is 108 Å². The molecule has 2 heterocycles. The molecule has 6 atom stereocenters. The van der Waals surface area contributed by atoms with E-state index >= 15 is 0 Å². The largest absolute Gasteiger partial charge is 0.354 e. The van der Waals surface area contributed by atoms with E-state index in [1.807, 2.05) is 61.5 Å². The Morgan fingerprint density at radius 3 is 2.00 bits per heavy atom. The van der Waals surface area contributed by atoms with Crippen molar-refractivity contribution in [1.82, 2.24) is 31.5 Å². The highest BCUT2D eigenvalue weighted by atomic mass is 16.2.